The van der Waals surface area contributed by atoms with Gasteiger partial charge in [-0.3, -0.25) is 4.79 Å². The Kier molecular flexibility index (Phi) is 5.42. The topological polar surface area (TPSA) is 52.6 Å². The van der Waals surface area contributed by atoms with Gasteiger partial charge in [0.25, 0.3) is 0 Å². The molecule has 0 rings (SSSR count). The van der Waals surface area contributed by atoms with Gasteiger partial charge in [0, 0.05) is 19.5 Å². The summed E-state index contributed by atoms with van der Waals surface area (Å²) >= 11 is 0. The molecule has 0 aliphatic heterocycles. The maximum absolute atomic E-state index is 11.1. The van der Waals surface area contributed by atoms with Gasteiger partial charge in [0.05, 0.1) is 5.60 Å². The SMILES string of the molecule is C=CCC(=O)NCC(C)(O)CN(C)C. The van der Waals surface area contributed by atoms with Crippen molar-refractivity contribution < 1.29 is 9.90 Å². The standard InChI is InChI=1S/C10H20N2O2/c1-5-6-9(13)11-7-10(2,14)8-12(3)4/h5,14H,1,6-8H2,2-4H3,(H,11,13). The Balaban J connectivity index is 3.85. The minimum Gasteiger partial charge on any atom is -0.387 e. The lowest BCUT2D eigenvalue weighted by Crippen LogP contribution is -2.47. The quantitative estimate of drug-likeness (QED) is 0.593. The molecular weight excluding hydrogens is 180 g/mol. The van der Waals surface area contributed by atoms with Crippen LogP contribution in [0.25, 0.3) is 0 Å². The van der Waals surface area contributed by atoms with Crippen LogP contribution in [-0.2, 0) is 4.79 Å². The van der Waals surface area contributed by atoms with Gasteiger partial charge in [0.2, 0.25) is 5.91 Å². The summed E-state index contributed by atoms with van der Waals surface area (Å²) in [7, 11) is 3.75. The Labute approximate surface area is 85.6 Å². The molecule has 0 fully saturated rings. The summed E-state index contributed by atoms with van der Waals surface area (Å²) < 4.78 is 0. The molecule has 1 amide bonds. The van der Waals surface area contributed by atoms with E-state index in [4.69, 9.17) is 0 Å². The summed E-state index contributed by atoms with van der Waals surface area (Å²) in [6.07, 6.45) is 1.83. The van der Waals surface area contributed by atoms with Crippen LogP contribution in [0.4, 0.5) is 0 Å². The number of nitrogens with one attached hydrogen (secondary N) is 1. The predicted molar refractivity (Wildman–Crippen MR) is 57.0 cm³/mol. The van der Waals surface area contributed by atoms with E-state index in [1.807, 2.05) is 19.0 Å². The summed E-state index contributed by atoms with van der Waals surface area (Å²) in [5, 5.41) is 12.5. The highest BCUT2D eigenvalue weighted by Gasteiger charge is 2.21. The molecule has 0 aliphatic rings. The van der Waals surface area contributed by atoms with Crippen molar-refractivity contribution in [3.8, 4) is 0 Å². The molecule has 1 atom stereocenters. The number of hydrogen-bond acceptors (Lipinski definition) is 3. The van der Waals surface area contributed by atoms with Crippen molar-refractivity contribution >= 4 is 5.91 Å². The van der Waals surface area contributed by atoms with Gasteiger partial charge in [-0.15, -0.1) is 6.58 Å². The predicted octanol–water partition coefficient (Wildman–Crippen LogP) is -0.00870. The van der Waals surface area contributed by atoms with Crippen molar-refractivity contribution in [1.82, 2.24) is 10.2 Å². The molecule has 82 valence electrons. The fourth-order valence-electron chi connectivity index (χ4n) is 1.23. The summed E-state index contributed by atoms with van der Waals surface area (Å²) in [4.78, 5) is 12.9. The van der Waals surface area contributed by atoms with Crippen molar-refractivity contribution in [1.29, 1.82) is 0 Å². The first-order valence-corrected chi connectivity index (χ1v) is 4.62. The summed E-state index contributed by atoms with van der Waals surface area (Å²) in [5.41, 5.74) is -0.889. The molecular formula is C10H20N2O2. The van der Waals surface area contributed by atoms with Crippen LogP contribution in [0.5, 0.6) is 0 Å². The van der Waals surface area contributed by atoms with E-state index in [2.05, 4.69) is 11.9 Å². The highest BCUT2D eigenvalue weighted by Crippen LogP contribution is 2.02. The molecule has 0 aromatic carbocycles. The fraction of sp³-hybridized carbons (Fsp3) is 0.700. The van der Waals surface area contributed by atoms with E-state index in [0.29, 0.717) is 6.54 Å². The Morgan fingerprint density at radius 3 is 2.64 bits per heavy atom. The summed E-state index contributed by atoms with van der Waals surface area (Å²) in [5.74, 6) is -0.112. The van der Waals surface area contributed by atoms with Gasteiger partial charge in [-0.2, -0.15) is 0 Å². The molecule has 0 spiro atoms. The zero-order valence-corrected chi connectivity index (χ0v) is 9.21. The van der Waals surface area contributed by atoms with E-state index in [1.165, 1.54) is 6.08 Å². The lowest BCUT2D eigenvalue weighted by Gasteiger charge is -2.26. The molecule has 0 aliphatic carbocycles. The van der Waals surface area contributed by atoms with Gasteiger partial charge < -0.3 is 15.3 Å². The monoisotopic (exact) mass is 200 g/mol. The lowest BCUT2D eigenvalue weighted by atomic mass is 10.1. The number of carbonyl (C=O) groups is 1. The van der Waals surface area contributed by atoms with Gasteiger partial charge in [0.1, 0.15) is 0 Å². The first-order chi connectivity index (χ1) is 6.37. The molecule has 0 radical (unpaired) electrons. The Morgan fingerprint density at radius 2 is 2.21 bits per heavy atom. The normalized spacial score (nSPS) is 14.9. The Morgan fingerprint density at radius 1 is 1.64 bits per heavy atom. The molecule has 2 N–H and O–H groups in total. The third kappa shape index (κ3) is 6.62. The van der Waals surface area contributed by atoms with Crippen molar-refractivity contribution in [3.63, 3.8) is 0 Å². The van der Waals surface area contributed by atoms with Gasteiger partial charge in [-0.25, -0.2) is 0 Å². The molecule has 1 unspecified atom stereocenters. The second-order valence-corrected chi connectivity index (χ2v) is 4.00. The van der Waals surface area contributed by atoms with E-state index in [9.17, 15) is 9.90 Å². The largest absolute Gasteiger partial charge is 0.387 e. The third-order valence-corrected chi connectivity index (χ3v) is 1.65. The van der Waals surface area contributed by atoms with Crippen LogP contribution in [-0.4, -0.2) is 48.7 Å². The second kappa shape index (κ2) is 5.78. The number of hydrogen-bond donors (Lipinski definition) is 2. The molecule has 0 saturated carbocycles. The van der Waals surface area contributed by atoms with Crippen molar-refractivity contribution in [2.45, 2.75) is 18.9 Å². The lowest BCUT2D eigenvalue weighted by molar-refractivity contribution is -0.121. The molecule has 0 aromatic heterocycles. The van der Waals surface area contributed by atoms with Gasteiger partial charge >= 0.3 is 0 Å². The molecule has 14 heavy (non-hydrogen) atoms. The van der Waals surface area contributed by atoms with Crippen molar-refractivity contribution in [2.24, 2.45) is 0 Å². The van der Waals surface area contributed by atoms with Crippen molar-refractivity contribution in [3.05, 3.63) is 12.7 Å². The highest BCUT2D eigenvalue weighted by atomic mass is 16.3. The first-order valence-electron chi connectivity index (χ1n) is 4.62. The summed E-state index contributed by atoms with van der Waals surface area (Å²) in [6, 6.07) is 0. The van der Waals surface area contributed by atoms with Gasteiger partial charge in [-0.1, -0.05) is 6.08 Å². The number of amides is 1. The van der Waals surface area contributed by atoms with Crippen LogP contribution in [0.3, 0.4) is 0 Å². The van der Waals surface area contributed by atoms with E-state index >= 15 is 0 Å². The van der Waals surface area contributed by atoms with E-state index < -0.39 is 5.60 Å². The smallest absolute Gasteiger partial charge is 0.223 e. The molecule has 0 saturated heterocycles. The third-order valence-electron chi connectivity index (χ3n) is 1.65. The van der Waals surface area contributed by atoms with Crippen molar-refractivity contribution in [2.75, 3.05) is 27.2 Å². The number of carbonyl (C=O) groups excluding carboxylic acids is 1. The Bertz CT molecular complexity index is 200. The number of likely N-dealkylation sites (N-methyl/N-ethyl adjacent to an activating group) is 1. The highest BCUT2D eigenvalue weighted by molar-refractivity contribution is 5.77. The van der Waals surface area contributed by atoms with Crippen LogP contribution < -0.4 is 5.32 Å². The van der Waals surface area contributed by atoms with Crippen LogP contribution in [0.15, 0.2) is 12.7 Å². The fourth-order valence-corrected chi connectivity index (χ4v) is 1.23. The van der Waals surface area contributed by atoms with Crippen LogP contribution in [0.2, 0.25) is 0 Å². The first kappa shape index (κ1) is 13.1. The van der Waals surface area contributed by atoms with Crippen LogP contribution >= 0.6 is 0 Å². The van der Waals surface area contributed by atoms with E-state index in [1.54, 1.807) is 6.92 Å². The zero-order valence-electron chi connectivity index (χ0n) is 9.21. The second-order valence-electron chi connectivity index (χ2n) is 4.00. The van der Waals surface area contributed by atoms with Gasteiger partial charge in [0.15, 0.2) is 0 Å². The minimum atomic E-state index is -0.889. The van der Waals surface area contributed by atoms with E-state index in [-0.39, 0.29) is 18.9 Å². The van der Waals surface area contributed by atoms with Crippen LogP contribution in [0, 0.1) is 0 Å². The van der Waals surface area contributed by atoms with Gasteiger partial charge in [-0.05, 0) is 21.0 Å². The maximum atomic E-state index is 11.1. The average molecular weight is 200 g/mol. The molecule has 0 bridgehead atoms. The van der Waals surface area contributed by atoms with E-state index in [0.717, 1.165) is 0 Å². The average Bonchev–Trinajstić information content (AvgIpc) is 1.99. The summed E-state index contributed by atoms with van der Waals surface area (Å²) in [6.45, 7) is 5.93. The molecule has 4 nitrogen and oxygen atoms in total. The number of nitrogens with zero attached hydrogens (tertiary/aromatic N) is 1. The molecule has 0 aromatic rings. The minimum absolute atomic E-state index is 0.112. The molecule has 0 heterocycles. The zero-order chi connectivity index (χ0) is 11.2. The maximum Gasteiger partial charge on any atom is 0.223 e. The number of rotatable bonds is 6. The molecule has 4 heteroatoms. The van der Waals surface area contributed by atoms with Crippen LogP contribution in [0.1, 0.15) is 13.3 Å². The Hall–Kier alpha value is -0.870. The number of aliphatic hydroxyl groups is 1.